The van der Waals surface area contributed by atoms with Gasteiger partial charge in [0.1, 0.15) is 6.61 Å². The molecule has 0 spiro atoms. The molecule has 0 unspecified atom stereocenters. The average molecular weight is 280 g/mol. The molecule has 1 aromatic rings. The lowest BCUT2D eigenvalue weighted by Crippen LogP contribution is -2.38. The van der Waals surface area contributed by atoms with E-state index in [4.69, 9.17) is 4.74 Å². The van der Waals surface area contributed by atoms with Gasteiger partial charge in [0.05, 0.1) is 6.54 Å². The lowest BCUT2D eigenvalue weighted by molar-refractivity contribution is -0.130. The number of nitrogens with zero attached hydrogens (tertiary/aromatic N) is 1. The van der Waals surface area contributed by atoms with Crippen LogP contribution in [0.2, 0.25) is 0 Å². The smallest absolute Gasteiger partial charge is 0.414 e. The summed E-state index contributed by atoms with van der Waals surface area (Å²) in [7, 11) is 0. The molecule has 0 aliphatic carbocycles. The van der Waals surface area contributed by atoms with Crippen molar-refractivity contribution < 1.29 is 18.7 Å². The molecular weight excluding hydrogens is 263 g/mol. The van der Waals surface area contributed by atoms with Gasteiger partial charge in [-0.1, -0.05) is 12.1 Å². The Morgan fingerprint density at radius 3 is 2.55 bits per heavy atom. The second-order valence-electron chi connectivity index (χ2n) is 5.09. The number of ether oxygens (including phenoxy) is 1. The summed E-state index contributed by atoms with van der Waals surface area (Å²) in [5.74, 6) is -0.648. The summed E-state index contributed by atoms with van der Waals surface area (Å²) in [6.07, 6.45) is -0.356. The van der Waals surface area contributed by atoms with Gasteiger partial charge < -0.3 is 10.1 Å². The van der Waals surface area contributed by atoms with E-state index in [1.165, 1.54) is 18.7 Å². The maximum atomic E-state index is 13.3. The summed E-state index contributed by atoms with van der Waals surface area (Å²) in [4.78, 5) is 24.3. The number of carbonyl (C=O) groups is 2. The standard InChI is InChI=1S/C14H17FN2O3/c1-14(2,15)12(18)16-9-10-3-5-11(6-4-10)17-7-8-20-13(17)19/h3-6H,7-9H2,1-2H3,(H,16,18). The van der Waals surface area contributed by atoms with Crippen molar-refractivity contribution in [3.63, 3.8) is 0 Å². The van der Waals surface area contributed by atoms with E-state index in [1.54, 1.807) is 24.3 Å². The summed E-state index contributed by atoms with van der Waals surface area (Å²) in [5, 5.41) is 2.52. The van der Waals surface area contributed by atoms with E-state index in [1.807, 2.05) is 0 Å². The first-order valence-electron chi connectivity index (χ1n) is 6.38. The predicted octanol–water partition coefficient (Wildman–Crippen LogP) is 2.01. The Hall–Kier alpha value is -2.11. The highest BCUT2D eigenvalue weighted by Gasteiger charge is 2.26. The van der Waals surface area contributed by atoms with Crippen molar-refractivity contribution >= 4 is 17.7 Å². The van der Waals surface area contributed by atoms with Crippen LogP contribution in [0.3, 0.4) is 0 Å². The van der Waals surface area contributed by atoms with Crippen molar-refractivity contribution in [1.82, 2.24) is 5.32 Å². The van der Waals surface area contributed by atoms with E-state index in [2.05, 4.69) is 5.32 Å². The maximum Gasteiger partial charge on any atom is 0.414 e. The average Bonchev–Trinajstić information content (AvgIpc) is 2.82. The SMILES string of the molecule is CC(C)(F)C(=O)NCc1ccc(N2CCOC2=O)cc1. The maximum absolute atomic E-state index is 13.3. The van der Waals surface area contributed by atoms with Crippen LogP contribution < -0.4 is 10.2 Å². The Balaban J connectivity index is 1.95. The Morgan fingerprint density at radius 1 is 1.40 bits per heavy atom. The molecule has 20 heavy (non-hydrogen) atoms. The second kappa shape index (κ2) is 5.48. The lowest BCUT2D eigenvalue weighted by Gasteiger charge is -2.15. The van der Waals surface area contributed by atoms with Gasteiger partial charge in [-0.05, 0) is 31.5 Å². The fraction of sp³-hybridized carbons (Fsp3) is 0.429. The largest absolute Gasteiger partial charge is 0.447 e. The van der Waals surface area contributed by atoms with E-state index >= 15 is 0 Å². The number of anilines is 1. The van der Waals surface area contributed by atoms with Gasteiger partial charge in [-0.3, -0.25) is 9.69 Å². The van der Waals surface area contributed by atoms with Gasteiger partial charge in [-0.15, -0.1) is 0 Å². The number of nitrogens with one attached hydrogen (secondary N) is 1. The Kier molecular flexibility index (Phi) is 3.92. The van der Waals surface area contributed by atoms with Crippen LogP contribution in [0.25, 0.3) is 0 Å². The lowest BCUT2D eigenvalue weighted by atomic mass is 10.1. The second-order valence-corrected chi connectivity index (χ2v) is 5.09. The van der Waals surface area contributed by atoms with E-state index in [0.717, 1.165) is 11.3 Å². The summed E-state index contributed by atoms with van der Waals surface area (Å²) in [6, 6.07) is 7.11. The zero-order valence-corrected chi connectivity index (χ0v) is 11.5. The third kappa shape index (κ3) is 3.26. The van der Waals surface area contributed by atoms with Crippen LogP contribution in [0.1, 0.15) is 19.4 Å². The number of amides is 2. The topological polar surface area (TPSA) is 58.6 Å². The number of benzene rings is 1. The van der Waals surface area contributed by atoms with Crippen LogP contribution >= 0.6 is 0 Å². The molecule has 108 valence electrons. The van der Waals surface area contributed by atoms with Crippen molar-refractivity contribution in [3.8, 4) is 0 Å². The third-order valence-corrected chi connectivity index (χ3v) is 3.00. The first kappa shape index (κ1) is 14.3. The van der Waals surface area contributed by atoms with Gasteiger partial charge in [0.25, 0.3) is 5.91 Å². The normalized spacial score (nSPS) is 15.2. The van der Waals surface area contributed by atoms with Gasteiger partial charge in [0, 0.05) is 12.2 Å². The van der Waals surface area contributed by atoms with Crippen molar-refractivity contribution in [3.05, 3.63) is 29.8 Å². The minimum absolute atomic E-state index is 0.247. The summed E-state index contributed by atoms with van der Waals surface area (Å²) in [6.45, 7) is 3.60. The first-order valence-corrected chi connectivity index (χ1v) is 6.38. The number of hydrogen-bond donors (Lipinski definition) is 1. The number of cyclic esters (lactones) is 1. The highest BCUT2D eigenvalue weighted by atomic mass is 19.1. The monoisotopic (exact) mass is 280 g/mol. The fourth-order valence-electron chi connectivity index (χ4n) is 1.81. The summed E-state index contributed by atoms with van der Waals surface area (Å²) < 4.78 is 18.2. The van der Waals surface area contributed by atoms with Crippen LogP contribution in [0, 0.1) is 0 Å². The molecule has 1 N–H and O–H groups in total. The molecule has 1 saturated heterocycles. The van der Waals surface area contributed by atoms with Crippen LogP contribution in [-0.4, -0.2) is 30.8 Å². The zero-order valence-electron chi connectivity index (χ0n) is 11.5. The number of rotatable bonds is 4. The van der Waals surface area contributed by atoms with Crippen molar-refractivity contribution in [2.75, 3.05) is 18.1 Å². The van der Waals surface area contributed by atoms with Gasteiger partial charge in [-0.2, -0.15) is 0 Å². The highest BCUT2D eigenvalue weighted by molar-refractivity contribution is 5.89. The molecule has 1 aliphatic rings. The molecule has 6 heteroatoms. The molecular formula is C14H17FN2O3. The van der Waals surface area contributed by atoms with Crippen molar-refractivity contribution in [2.45, 2.75) is 26.1 Å². The van der Waals surface area contributed by atoms with E-state index in [-0.39, 0.29) is 12.6 Å². The van der Waals surface area contributed by atoms with Crippen molar-refractivity contribution in [1.29, 1.82) is 0 Å². The number of carbonyl (C=O) groups excluding carboxylic acids is 2. The molecule has 0 bridgehead atoms. The zero-order chi connectivity index (χ0) is 14.8. The number of halogens is 1. The number of hydrogen-bond acceptors (Lipinski definition) is 3. The minimum atomic E-state index is -1.89. The van der Waals surface area contributed by atoms with Crippen LogP contribution in [0.4, 0.5) is 14.9 Å². The molecule has 0 saturated carbocycles. The summed E-state index contributed by atoms with van der Waals surface area (Å²) >= 11 is 0. The van der Waals surface area contributed by atoms with E-state index in [0.29, 0.717) is 13.2 Å². The minimum Gasteiger partial charge on any atom is -0.447 e. The molecule has 0 atom stereocenters. The molecule has 2 amide bonds. The molecule has 1 fully saturated rings. The predicted molar refractivity (Wildman–Crippen MR) is 72.2 cm³/mol. The third-order valence-electron chi connectivity index (χ3n) is 3.00. The van der Waals surface area contributed by atoms with Crippen LogP contribution in [-0.2, 0) is 16.1 Å². The fourth-order valence-corrected chi connectivity index (χ4v) is 1.81. The summed E-state index contributed by atoms with van der Waals surface area (Å²) in [5.41, 5.74) is -0.313. The molecule has 1 aliphatic heterocycles. The van der Waals surface area contributed by atoms with E-state index in [9.17, 15) is 14.0 Å². The van der Waals surface area contributed by atoms with Gasteiger partial charge >= 0.3 is 6.09 Å². The molecule has 0 radical (unpaired) electrons. The number of alkyl halides is 1. The van der Waals surface area contributed by atoms with Gasteiger partial charge in [-0.25, -0.2) is 9.18 Å². The molecule has 2 rings (SSSR count). The first-order chi connectivity index (χ1) is 9.38. The van der Waals surface area contributed by atoms with Crippen LogP contribution in [0.5, 0.6) is 0 Å². The van der Waals surface area contributed by atoms with E-state index < -0.39 is 11.6 Å². The molecule has 1 aromatic carbocycles. The Labute approximate surface area is 116 Å². The van der Waals surface area contributed by atoms with Crippen LogP contribution in [0.15, 0.2) is 24.3 Å². The quantitative estimate of drug-likeness (QED) is 0.917. The Bertz CT molecular complexity index is 508. The highest BCUT2D eigenvalue weighted by Crippen LogP contribution is 2.19. The van der Waals surface area contributed by atoms with Gasteiger partial charge in [0.15, 0.2) is 5.67 Å². The van der Waals surface area contributed by atoms with Crippen molar-refractivity contribution in [2.24, 2.45) is 0 Å². The Morgan fingerprint density at radius 2 is 2.05 bits per heavy atom. The van der Waals surface area contributed by atoms with Gasteiger partial charge in [0.2, 0.25) is 0 Å². The molecule has 5 nitrogen and oxygen atoms in total. The molecule has 0 aromatic heterocycles. The molecule has 1 heterocycles.